The van der Waals surface area contributed by atoms with Gasteiger partial charge in [-0.25, -0.2) is 0 Å². The van der Waals surface area contributed by atoms with Crippen molar-refractivity contribution in [2.45, 2.75) is 46.1 Å². The van der Waals surface area contributed by atoms with Gasteiger partial charge >= 0.3 is 0 Å². The summed E-state index contributed by atoms with van der Waals surface area (Å²) >= 11 is 0. The van der Waals surface area contributed by atoms with Crippen LogP contribution in [0.2, 0.25) is 0 Å². The van der Waals surface area contributed by atoms with Crippen molar-refractivity contribution in [1.82, 2.24) is 10.6 Å². The van der Waals surface area contributed by atoms with E-state index in [1.807, 2.05) is 0 Å². The highest BCUT2D eigenvalue weighted by Gasteiger charge is 2.23. The Labute approximate surface area is 93.0 Å². The molecule has 88 valence electrons. The van der Waals surface area contributed by atoms with Crippen molar-refractivity contribution in [3.8, 4) is 0 Å². The fraction of sp³-hybridized carbons (Fsp3) is 0.917. The summed E-state index contributed by atoms with van der Waals surface area (Å²) in [6.07, 6.45) is 3.00. The van der Waals surface area contributed by atoms with E-state index in [2.05, 4.69) is 31.4 Å². The number of carbonyl (C=O) groups excluding carboxylic acids is 1. The molecule has 0 radical (unpaired) electrons. The van der Waals surface area contributed by atoms with E-state index in [9.17, 15) is 4.79 Å². The highest BCUT2D eigenvalue weighted by atomic mass is 16.1. The minimum absolute atomic E-state index is 0.235. The molecular formula is C12H24N2O. The third-order valence-electron chi connectivity index (χ3n) is 3.28. The number of carbonyl (C=O) groups is 1. The lowest BCUT2D eigenvalue weighted by atomic mass is 9.95. The summed E-state index contributed by atoms with van der Waals surface area (Å²) in [4.78, 5) is 11.9. The van der Waals surface area contributed by atoms with E-state index in [1.165, 1.54) is 0 Å². The summed E-state index contributed by atoms with van der Waals surface area (Å²) in [5.74, 6) is 1.02. The fourth-order valence-corrected chi connectivity index (χ4v) is 2.12. The number of amides is 1. The van der Waals surface area contributed by atoms with Crippen molar-refractivity contribution in [3.63, 3.8) is 0 Å². The van der Waals surface area contributed by atoms with Crippen LogP contribution in [0.3, 0.4) is 0 Å². The van der Waals surface area contributed by atoms with Gasteiger partial charge in [-0.1, -0.05) is 20.8 Å². The van der Waals surface area contributed by atoms with Crippen LogP contribution < -0.4 is 10.6 Å². The Bertz CT molecular complexity index is 198. The monoisotopic (exact) mass is 212 g/mol. The van der Waals surface area contributed by atoms with E-state index in [-0.39, 0.29) is 11.8 Å². The molecule has 3 heteroatoms. The van der Waals surface area contributed by atoms with Crippen molar-refractivity contribution in [2.24, 2.45) is 11.8 Å². The molecule has 2 N–H and O–H groups in total. The maximum Gasteiger partial charge on any atom is 0.223 e. The van der Waals surface area contributed by atoms with E-state index in [0.717, 1.165) is 32.4 Å². The van der Waals surface area contributed by atoms with Crippen molar-refractivity contribution < 1.29 is 4.79 Å². The summed E-state index contributed by atoms with van der Waals surface area (Å²) in [7, 11) is 0. The van der Waals surface area contributed by atoms with Crippen LogP contribution in [0.4, 0.5) is 0 Å². The number of hydrogen-bond donors (Lipinski definition) is 2. The van der Waals surface area contributed by atoms with Gasteiger partial charge < -0.3 is 10.6 Å². The van der Waals surface area contributed by atoms with Gasteiger partial charge in [0.1, 0.15) is 0 Å². The Morgan fingerprint density at radius 1 is 1.40 bits per heavy atom. The zero-order valence-corrected chi connectivity index (χ0v) is 10.2. The van der Waals surface area contributed by atoms with Gasteiger partial charge in [0.15, 0.2) is 0 Å². The maximum atomic E-state index is 11.9. The van der Waals surface area contributed by atoms with E-state index in [4.69, 9.17) is 0 Å². The second kappa shape index (κ2) is 6.11. The number of nitrogens with one attached hydrogen (secondary N) is 2. The van der Waals surface area contributed by atoms with Gasteiger partial charge in [0, 0.05) is 12.0 Å². The van der Waals surface area contributed by atoms with Gasteiger partial charge in [0.2, 0.25) is 5.91 Å². The van der Waals surface area contributed by atoms with Crippen LogP contribution in [-0.4, -0.2) is 25.0 Å². The van der Waals surface area contributed by atoms with E-state index in [1.54, 1.807) is 0 Å². The minimum atomic E-state index is 0.235. The molecule has 0 bridgehead atoms. The molecule has 1 rings (SSSR count). The smallest absolute Gasteiger partial charge is 0.223 e. The van der Waals surface area contributed by atoms with Gasteiger partial charge in [0.25, 0.3) is 0 Å². The molecule has 1 heterocycles. The molecule has 0 aromatic rings. The summed E-state index contributed by atoms with van der Waals surface area (Å²) < 4.78 is 0. The van der Waals surface area contributed by atoms with Gasteiger partial charge in [-0.15, -0.1) is 0 Å². The first kappa shape index (κ1) is 12.5. The van der Waals surface area contributed by atoms with Crippen molar-refractivity contribution in [1.29, 1.82) is 0 Å². The summed E-state index contributed by atoms with van der Waals surface area (Å²) in [5, 5.41) is 6.45. The van der Waals surface area contributed by atoms with Crippen molar-refractivity contribution in [2.75, 3.05) is 13.1 Å². The standard InChI is InChI=1S/C12H24N2O/c1-4-11(9(2)3)14-12(15)10-5-7-13-8-6-10/h9-11,13H,4-8H2,1-3H3,(H,14,15). The first-order valence-electron chi connectivity index (χ1n) is 6.16. The molecule has 3 nitrogen and oxygen atoms in total. The normalized spacial score (nSPS) is 20.3. The Kier molecular flexibility index (Phi) is 5.09. The number of piperidine rings is 1. The number of hydrogen-bond acceptors (Lipinski definition) is 2. The second-order valence-corrected chi connectivity index (χ2v) is 4.79. The lowest BCUT2D eigenvalue weighted by Crippen LogP contribution is -2.44. The molecule has 1 aliphatic rings. The van der Waals surface area contributed by atoms with E-state index in [0.29, 0.717) is 12.0 Å². The van der Waals surface area contributed by atoms with E-state index >= 15 is 0 Å². The molecular weight excluding hydrogens is 188 g/mol. The van der Waals surface area contributed by atoms with Crippen LogP contribution in [0.25, 0.3) is 0 Å². The van der Waals surface area contributed by atoms with Crippen LogP contribution >= 0.6 is 0 Å². The maximum absolute atomic E-state index is 11.9. The molecule has 1 aliphatic heterocycles. The van der Waals surface area contributed by atoms with Crippen molar-refractivity contribution in [3.05, 3.63) is 0 Å². The van der Waals surface area contributed by atoms with Crippen LogP contribution in [0.5, 0.6) is 0 Å². The lowest BCUT2D eigenvalue weighted by molar-refractivity contribution is -0.126. The molecule has 0 spiro atoms. The third kappa shape index (κ3) is 3.82. The van der Waals surface area contributed by atoms with Gasteiger partial charge in [-0.2, -0.15) is 0 Å². The SMILES string of the molecule is CCC(NC(=O)C1CCNCC1)C(C)C. The van der Waals surface area contributed by atoms with Crippen molar-refractivity contribution >= 4 is 5.91 Å². The zero-order chi connectivity index (χ0) is 11.3. The molecule has 0 aromatic carbocycles. The predicted octanol–water partition coefficient (Wildman–Crippen LogP) is 1.54. The molecule has 1 saturated heterocycles. The quantitative estimate of drug-likeness (QED) is 0.742. The van der Waals surface area contributed by atoms with Crippen LogP contribution in [0, 0.1) is 11.8 Å². The van der Waals surface area contributed by atoms with Crippen LogP contribution in [-0.2, 0) is 4.79 Å². The Balaban J connectivity index is 2.38. The van der Waals surface area contributed by atoms with Gasteiger partial charge in [0.05, 0.1) is 0 Å². The zero-order valence-electron chi connectivity index (χ0n) is 10.2. The second-order valence-electron chi connectivity index (χ2n) is 4.79. The summed E-state index contributed by atoms with van der Waals surface area (Å²) in [6, 6.07) is 0.340. The predicted molar refractivity (Wildman–Crippen MR) is 62.7 cm³/mol. The number of rotatable bonds is 4. The Morgan fingerprint density at radius 3 is 2.47 bits per heavy atom. The molecule has 0 saturated carbocycles. The highest BCUT2D eigenvalue weighted by Crippen LogP contribution is 2.13. The summed E-state index contributed by atoms with van der Waals surface area (Å²) in [6.45, 7) is 8.42. The van der Waals surface area contributed by atoms with Gasteiger partial charge in [-0.05, 0) is 38.3 Å². The van der Waals surface area contributed by atoms with Gasteiger partial charge in [-0.3, -0.25) is 4.79 Å². The largest absolute Gasteiger partial charge is 0.353 e. The molecule has 1 unspecified atom stereocenters. The third-order valence-corrected chi connectivity index (χ3v) is 3.28. The molecule has 15 heavy (non-hydrogen) atoms. The molecule has 1 amide bonds. The Morgan fingerprint density at radius 2 is 2.00 bits per heavy atom. The summed E-state index contributed by atoms with van der Waals surface area (Å²) in [5.41, 5.74) is 0. The van der Waals surface area contributed by atoms with Crippen LogP contribution in [0.1, 0.15) is 40.0 Å². The molecule has 0 aromatic heterocycles. The molecule has 1 atom stereocenters. The van der Waals surface area contributed by atoms with E-state index < -0.39 is 0 Å². The Hall–Kier alpha value is -0.570. The topological polar surface area (TPSA) is 41.1 Å². The first-order chi connectivity index (χ1) is 7.15. The minimum Gasteiger partial charge on any atom is -0.353 e. The molecule has 1 fully saturated rings. The lowest BCUT2D eigenvalue weighted by Gasteiger charge is -2.26. The average molecular weight is 212 g/mol. The first-order valence-corrected chi connectivity index (χ1v) is 6.16. The highest BCUT2D eigenvalue weighted by molar-refractivity contribution is 5.79. The van der Waals surface area contributed by atoms with Crippen LogP contribution in [0.15, 0.2) is 0 Å². The molecule has 0 aliphatic carbocycles. The fourth-order valence-electron chi connectivity index (χ4n) is 2.12. The average Bonchev–Trinajstić information content (AvgIpc) is 2.26.